The van der Waals surface area contributed by atoms with Crippen LogP contribution >= 0.6 is 19.2 Å². The minimum absolute atomic E-state index is 0.0171. The lowest BCUT2D eigenvalue weighted by Gasteiger charge is -2.28. The number of ether oxygens (including phenoxy) is 6. The van der Waals surface area contributed by atoms with E-state index in [4.69, 9.17) is 30.1 Å². The highest BCUT2D eigenvalue weighted by Crippen LogP contribution is 2.48. The summed E-state index contributed by atoms with van der Waals surface area (Å²) in [6.45, 7) is 2.29. The zero-order valence-corrected chi connectivity index (χ0v) is 27.4. The molecule has 0 unspecified atom stereocenters. The molecule has 2 N–H and O–H groups in total. The van der Waals surface area contributed by atoms with Crippen molar-refractivity contribution in [2.75, 3.05) is 72.2 Å². The van der Waals surface area contributed by atoms with Crippen LogP contribution in [0.25, 0.3) is 11.2 Å². The minimum atomic E-state index is -4.36. The minimum Gasteiger partial charge on any atom is -0.435 e. The topological polar surface area (TPSA) is 221 Å². The summed E-state index contributed by atoms with van der Waals surface area (Å²) in [7, 11) is -1.64. The maximum absolute atomic E-state index is 13.3. The summed E-state index contributed by atoms with van der Waals surface area (Å²) < 4.78 is 54.3. The molecule has 1 aliphatic heterocycles. The number of likely N-dealkylation sites (N-methyl/N-ethyl adjacent to an activating group) is 1. The van der Waals surface area contributed by atoms with Gasteiger partial charge >= 0.3 is 19.9 Å². The molecule has 3 rings (SSSR count). The largest absolute Gasteiger partial charge is 0.510 e. The van der Waals surface area contributed by atoms with Gasteiger partial charge in [-0.05, 0) is 31.9 Å². The fourth-order valence-electron chi connectivity index (χ4n) is 4.08. The second-order valence-electron chi connectivity index (χ2n) is 9.65. The number of carbonyl (C=O) groups excluding carboxylic acids is 3. The Morgan fingerprint density at radius 2 is 1.80 bits per heavy atom. The Morgan fingerprint density at radius 1 is 1.15 bits per heavy atom. The molecule has 0 aromatic carbocycles. The Bertz CT molecular complexity index is 1330. The number of aliphatic hydroxyl groups excluding tert-OH is 1. The molecule has 0 saturated carbocycles. The molecule has 1 fully saturated rings. The third kappa shape index (κ3) is 11.2. The molecule has 258 valence electrons. The summed E-state index contributed by atoms with van der Waals surface area (Å²) in [5, 5.41) is 14.3. The summed E-state index contributed by atoms with van der Waals surface area (Å²) in [5.41, 5.74) is 0.810. The molecule has 1 amide bonds. The fourth-order valence-corrected chi connectivity index (χ4v) is 5.50. The molecule has 3 heterocycles. The number of hydrogen-bond donors (Lipinski definition) is 2. The number of anilines is 1. The number of imidazole rings is 1. The van der Waals surface area contributed by atoms with Crippen LogP contribution in [0.4, 0.5) is 15.4 Å². The maximum atomic E-state index is 13.3. The molecule has 3 atom stereocenters. The van der Waals surface area contributed by atoms with Gasteiger partial charge in [-0.25, -0.2) is 14.6 Å². The van der Waals surface area contributed by atoms with Gasteiger partial charge in [0.2, 0.25) is 24.8 Å². The van der Waals surface area contributed by atoms with Crippen molar-refractivity contribution in [2.45, 2.75) is 45.1 Å². The number of fused-ring (bicyclic) bond motifs is 1. The van der Waals surface area contributed by atoms with Crippen LogP contribution in [0.15, 0.2) is 6.33 Å². The molecule has 1 saturated heterocycles. The van der Waals surface area contributed by atoms with E-state index in [1.807, 2.05) is 0 Å². The molecule has 0 aliphatic carbocycles. The van der Waals surface area contributed by atoms with Crippen LogP contribution in [0.2, 0.25) is 5.28 Å². The fraction of sp³-hybridized carbons (Fsp3) is 0.680. The summed E-state index contributed by atoms with van der Waals surface area (Å²) in [4.78, 5) is 50.0. The predicted octanol–water partition coefficient (Wildman–Crippen LogP) is 2.00. The highest BCUT2D eigenvalue weighted by atomic mass is 35.5. The average molecular weight is 697 g/mol. The Morgan fingerprint density at radius 3 is 2.37 bits per heavy atom. The molecule has 2 aromatic rings. The van der Waals surface area contributed by atoms with Crippen molar-refractivity contribution in [3.63, 3.8) is 0 Å². The normalized spacial score (nSPS) is 16.1. The van der Waals surface area contributed by atoms with Crippen LogP contribution in [0.1, 0.15) is 20.3 Å². The number of nitrogens with one attached hydrogen (secondary N) is 1. The van der Waals surface area contributed by atoms with E-state index in [9.17, 15) is 24.1 Å². The van der Waals surface area contributed by atoms with E-state index < -0.39 is 57.8 Å². The second-order valence-corrected chi connectivity index (χ2v) is 12.0. The quantitative estimate of drug-likeness (QED) is 0.0984. The molecule has 2 aromatic heterocycles. The zero-order chi connectivity index (χ0) is 33.7. The molecular formula is C25H38ClN6O13P. The van der Waals surface area contributed by atoms with Crippen molar-refractivity contribution in [2.24, 2.45) is 0 Å². The van der Waals surface area contributed by atoms with Crippen molar-refractivity contribution in [3.05, 3.63) is 11.6 Å². The molecular weight excluding hydrogens is 659 g/mol. The number of aliphatic hydroxyl groups is 1. The molecule has 1 aliphatic rings. The highest BCUT2D eigenvalue weighted by molar-refractivity contribution is 7.54. The van der Waals surface area contributed by atoms with Gasteiger partial charge in [-0.15, -0.1) is 0 Å². The van der Waals surface area contributed by atoms with Crippen molar-refractivity contribution in [3.8, 4) is 0 Å². The van der Waals surface area contributed by atoms with E-state index in [0.29, 0.717) is 30.2 Å². The van der Waals surface area contributed by atoms with Gasteiger partial charge in [-0.1, -0.05) is 0 Å². The van der Waals surface area contributed by atoms with Gasteiger partial charge in [-0.2, -0.15) is 9.97 Å². The maximum Gasteiger partial charge on any atom is 0.510 e. The van der Waals surface area contributed by atoms with E-state index in [1.54, 1.807) is 18.4 Å². The Labute approximate surface area is 269 Å². The van der Waals surface area contributed by atoms with Crippen LogP contribution in [0, 0.1) is 0 Å². The lowest BCUT2D eigenvalue weighted by Crippen LogP contribution is -2.43. The first-order valence-electron chi connectivity index (χ1n) is 14.1. The average Bonchev–Trinajstić information content (AvgIpc) is 3.66. The number of aromatic nitrogens is 4. The zero-order valence-electron chi connectivity index (χ0n) is 25.8. The smallest absolute Gasteiger partial charge is 0.435 e. The van der Waals surface area contributed by atoms with Crippen molar-refractivity contribution in [1.82, 2.24) is 24.4 Å². The van der Waals surface area contributed by atoms with Crippen molar-refractivity contribution < 1.29 is 61.5 Å². The number of halogens is 1. The number of nitrogens with zero attached hydrogens (tertiary/aromatic N) is 5. The Balaban J connectivity index is 1.64. The molecule has 19 nitrogen and oxygen atoms in total. The van der Waals surface area contributed by atoms with E-state index in [0.717, 1.165) is 11.3 Å². The summed E-state index contributed by atoms with van der Waals surface area (Å²) in [6, 6.07) is 0.0390. The number of hydrogen-bond acceptors (Lipinski definition) is 17. The third-order valence-corrected chi connectivity index (χ3v) is 8.23. The van der Waals surface area contributed by atoms with Gasteiger partial charge in [0, 0.05) is 27.3 Å². The van der Waals surface area contributed by atoms with Gasteiger partial charge in [0.05, 0.1) is 44.8 Å². The van der Waals surface area contributed by atoms with Gasteiger partial charge in [0.25, 0.3) is 0 Å². The number of carbonyl (C=O) groups is 3. The highest BCUT2D eigenvalue weighted by Gasteiger charge is 2.33. The lowest BCUT2D eigenvalue weighted by molar-refractivity contribution is -0.130. The van der Waals surface area contributed by atoms with Crippen LogP contribution in [0.5, 0.6) is 0 Å². The van der Waals surface area contributed by atoms with Crippen LogP contribution in [0.3, 0.4) is 0 Å². The first-order valence-corrected chi connectivity index (χ1v) is 16.2. The van der Waals surface area contributed by atoms with Crippen LogP contribution in [-0.2, 0) is 53.4 Å². The Hall–Kier alpha value is -3.32. The van der Waals surface area contributed by atoms with E-state index in [1.165, 1.54) is 20.5 Å². The van der Waals surface area contributed by atoms with Crippen molar-refractivity contribution >= 4 is 54.4 Å². The standard InChI is InChI=1S/C25H38ClN6O13P/c1-5-40-24(35)42-14-44-46(37,45-15-43-25(36)41-6-2)12-19(34)31(3)10-18(38-4)17(33)9-32-13-27-20-21(28-16-7-8-39-11-16)29-23(26)30-22(20)32/h13,16-18,33H,5-12,14-15H2,1-4H3,(H,28,29,30)/t16-,17-,18+/m0/s1. The monoisotopic (exact) mass is 696 g/mol. The number of methoxy groups -OCH3 is 1. The summed E-state index contributed by atoms with van der Waals surface area (Å²) >= 11 is 6.17. The molecule has 0 bridgehead atoms. The SMILES string of the molecule is CCOC(=O)OCOP(=O)(CC(=O)N(C)C[C@@H](OC)[C@@H](O)Cn1cnc2c(N[C@H]3CCOC3)nc(Cl)nc21)OCOC(=O)OCC. The second kappa shape index (κ2) is 18.1. The van der Waals surface area contributed by atoms with Gasteiger partial charge in [0.15, 0.2) is 17.0 Å². The van der Waals surface area contributed by atoms with E-state index >= 15 is 0 Å². The molecule has 0 radical (unpaired) electrons. The first-order chi connectivity index (χ1) is 22.0. The molecule has 46 heavy (non-hydrogen) atoms. The Kier molecular flexibility index (Phi) is 14.6. The van der Waals surface area contributed by atoms with Crippen LogP contribution in [-0.4, -0.2) is 133 Å². The number of rotatable bonds is 18. The van der Waals surface area contributed by atoms with E-state index in [-0.39, 0.29) is 37.6 Å². The third-order valence-electron chi connectivity index (χ3n) is 6.41. The molecule has 0 spiro atoms. The van der Waals surface area contributed by atoms with Gasteiger partial charge < -0.3 is 48.3 Å². The predicted molar refractivity (Wildman–Crippen MR) is 158 cm³/mol. The van der Waals surface area contributed by atoms with Gasteiger partial charge in [0.1, 0.15) is 12.3 Å². The lowest BCUT2D eigenvalue weighted by atomic mass is 10.2. The summed E-state index contributed by atoms with van der Waals surface area (Å²) in [6.07, 6.45) is -2.91. The first kappa shape index (κ1) is 37.1. The number of amides is 1. The molecule has 21 heteroatoms. The van der Waals surface area contributed by atoms with Gasteiger partial charge in [-0.3, -0.25) is 18.4 Å². The van der Waals surface area contributed by atoms with Crippen molar-refractivity contribution in [1.29, 1.82) is 0 Å². The van der Waals surface area contributed by atoms with Crippen LogP contribution < -0.4 is 5.32 Å². The summed E-state index contributed by atoms with van der Waals surface area (Å²) in [5.74, 6) is -0.328. The van der Waals surface area contributed by atoms with E-state index in [2.05, 4.69) is 39.2 Å².